The molecule has 1 atom stereocenters. The lowest BCUT2D eigenvalue weighted by atomic mass is 10.2. The lowest BCUT2D eigenvalue weighted by Gasteiger charge is -2.14. The molecule has 0 fully saturated rings. The second-order valence-electron chi connectivity index (χ2n) is 4.51. The first kappa shape index (κ1) is 15.9. The number of halogens is 1. The van der Waals surface area contributed by atoms with Gasteiger partial charge in [-0.25, -0.2) is 0 Å². The molecule has 108 valence electrons. The number of nitro groups is 1. The van der Waals surface area contributed by atoms with Gasteiger partial charge in [-0.2, -0.15) is 9.65 Å². The van der Waals surface area contributed by atoms with Crippen molar-refractivity contribution >= 4 is 5.69 Å². The molecule has 1 aromatic rings. The molecule has 0 radical (unpaired) electrons. The van der Waals surface area contributed by atoms with Crippen LogP contribution in [0, 0.1) is 27.3 Å². The van der Waals surface area contributed by atoms with E-state index in [0.29, 0.717) is 6.42 Å². The summed E-state index contributed by atoms with van der Waals surface area (Å²) in [4.78, 5) is 9.66. The molecule has 0 spiro atoms. The summed E-state index contributed by atoms with van der Waals surface area (Å²) >= 11 is 0. The summed E-state index contributed by atoms with van der Waals surface area (Å²) in [6.07, 6.45) is 0.438. The van der Waals surface area contributed by atoms with Crippen LogP contribution in [0.1, 0.15) is 20.3 Å². The Morgan fingerprint density at radius 2 is 2.25 bits per heavy atom. The molecule has 7 heteroatoms. The monoisotopic (exact) mass is 281 g/mol. The Balaban J connectivity index is 2.52. The van der Waals surface area contributed by atoms with Gasteiger partial charge in [0.1, 0.15) is 5.75 Å². The molecule has 0 saturated carbocycles. The minimum absolute atomic E-state index is 0.177. The van der Waals surface area contributed by atoms with E-state index in [1.165, 1.54) is 6.07 Å². The third-order valence-electron chi connectivity index (χ3n) is 2.48. The summed E-state index contributed by atoms with van der Waals surface area (Å²) in [5.41, 5.74) is -0.589. The van der Waals surface area contributed by atoms with Crippen molar-refractivity contribution in [1.29, 1.82) is 5.26 Å². The third kappa shape index (κ3) is 4.82. The number of nitrogens with one attached hydrogen (secondary N) is 1. The van der Waals surface area contributed by atoms with Crippen LogP contribution >= 0.6 is 0 Å². The van der Waals surface area contributed by atoms with Gasteiger partial charge >= 0.3 is 5.69 Å². The van der Waals surface area contributed by atoms with Crippen LogP contribution in [-0.4, -0.2) is 23.6 Å². The number of nitriles is 1. The maximum Gasteiger partial charge on any atom is 0.305 e. The Morgan fingerprint density at radius 3 is 2.75 bits per heavy atom. The second-order valence-corrected chi connectivity index (χ2v) is 4.51. The highest BCUT2D eigenvalue weighted by molar-refractivity contribution is 5.37. The van der Waals surface area contributed by atoms with Crippen molar-refractivity contribution in [1.82, 2.24) is 5.32 Å². The highest BCUT2D eigenvalue weighted by Gasteiger charge is 2.14. The van der Waals surface area contributed by atoms with Crippen LogP contribution in [0.3, 0.4) is 0 Å². The molecule has 1 unspecified atom stereocenters. The number of benzene rings is 1. The maximum absolute atomic E-state index is 13.3. The first-order chi connectivity index (χ1) is 9.43. The van der Waals surface area contributed by atoms with Crippen molar-refractivity contribution in [2.45, 2.75) is 32.4 Å². The molecule has 0 saturated heterocycles. The molecule has 0 aromatic heterocycles. The predicted molar refractivity (Wildman–Crippen MR) is 70.8 cm³/mol. The Kier molecular flexibility index (Phi) is 5.87. The lowest BCUT2D eigenvalue weighted by Crippen LogP contribution is -2.34. The minimum atomic E-state index is -0.940. The van der Waals surface area contributed by atoms with E-state index in [1.54, 1.807) is 0 Å². The van der Waals surface area contributed by atoms with Gasteiger partial charge in [-0.15, -0.1) is 0 Å². The first-order valence-electron chi connectivity index (χ1n) is 6.16. The van der Waals surface area contributed by atoms with Crippen LogP contribution in [0.5, 0.6) is 5.75 Å². The van der Waals surface area contributed by atoms with Gasteiger partial charge in [-0.3, -0.25) is 15.4 Å². The highest BCUT2D eigenvalue weighted by atomic mass is 19.1. The molecule has 20 heavy (non-hydrogen) atoms. The van der Waals surface area contributed by atoms with E-state index in [1.807, 2.05) is 13.8 Å². The van der Waals surface area contributed by atoms with Crippen molar-refractivity contribution in [3.8, 4) is 11.8 Å². The van der Waals surface area contributed by atoms with Crippen LogP contribution in [0.4, 0.5) is 10.1 Å². The number of nitro benzene ring substituents is 1. The Labute approximate surface area is 116 Å². The van der Waals surface area contributed by atoms with Gasteiger partial charge in [0.15, 0.2) is 0 Å². The van der Waals surface area contributed by atoms with Gasteiger partial charge in [0.05, 0.1) is 23.6 Å². The molecule has 1 rings (SSSR count). The van der Waals surface area contributed by atoms with Crippen LogP contribution in [0.15, 0.2) is 18.2 Å². The van der Waals surface area contributed by atoms with Crippen molar-refractivity contribution < 1.29 is 14.1 Å². The molecule has 1 N–H and O–H groups in total. The maximum atomic E-state index is 13.3. The molecule has 0 aliphatic carbocycles. The number of hydrogen-bond acceptors (Lipinski definition) is 5. The smallest absolute Gasteiger partial charge is 0.305 e. The molecule has 0 amide bonds. The predicted octanol–water partition coefficient (Wildman–Crippen LogP) is 2.39. The lowest BCUT2D eigenvalue weighted by molar-refractivity contribution is -0.387. The van der Waals surface area contributed by atoms with E-state index in [2.05, 4.69) is 11.4 Å². The summed E-state index contributed by atoms with van der Waals surface area (Å²) in [6, 6.07) is 5.28. The molecular weight excluding hydrogens is 265 g/mol. The van der Waals surface area contributed by atoms with Gasteiger partial charge in [-0.1, -0.05) is 0 Å². The van der Waals surface area contributed by atoms with Gasteiger partial charge < -0.3 is 4.74 Å². The fraction of sp³-hybridized carbons (Fsp3) is 0.462. The second kappa shape index (κ2) is 7.40. The normalized spacial score (nSPS) is 11.9. The van der Waals surface area contributed by atoms with E-state index in [4.69, 9.17) is 10.00 Å². The quantitative estimate of drug-likeness (QED) is 0.612. The highest BCUT2D eigenvalue weighted by Crippen LogP contribution is 2.22. The van der Waals surface area contributed by atoms with Crippen LogP contribution in [0.25, 0.3) is 0 Å². The summed E-state index contributed by atoms with van der Waals surface area (Å²) in [5, 5.41) is 22.4. The molecule has 0 heterocycles. The van der Waals surface area contributed by atoms with Gasteiger partial charge in [0.2, 0.25) is 5.82 Å². The first-order valence-corrected chi connectivity index (χ1v) is 6.16. The Hall–Kier alpha value is -2.20. The summed E-state index contributed by atoms with van der Waals surface area (Å²) in [7, 11) is 0. The van der Waals surface area contributed by atoms with E-state index >= 15 is 0 Å². The topological polar surface area (TPSA) is 88.2 Å². The number of ether oxygens (including phenoxy) is 1. The number of nitrogens with zero attached hydrogens (tertiary/aromatic N) is 2. The van der Waals surface area contributed by atoms with Crippen molar-refractivity contribution in [3.63, 3.8) is 0 Å². The molecule has 0 aliphatic heterocycles. The SMILES string of the molecule is CC(C)NC(C#N)CCOc1ccc([N+](=O)[O-])c(F)c1. The van der Waals surface area contributed by atoms with Crippen LogP contribution in [0.2, 0.25) is 0 Å². The Bertz CT molecular complexity index is 514. The summed E-state index contributed by atoms with van der Waals surface area (Å²) in [6.45, 7) is 4.07. The average Bonchev–Trinajstić information content (AvgIpc) is 2.36. The van der Waals surface area contributed by atoms with Crippen molar-refractivity contribution in [3.05, 3.63) is 34.1 Å². The summed E-state index contributed by atoms with van der Waals surface area (Å²) in [5.74, 6) is -0.737. The molecule has 1 aromatic carbocycles. The van der Waals surface area contributed by atoms with E-state index in [-0.39, 0.29) is 24.4 Å². The van der Waals surface area contributed by atoms with E-state index in [9.17, 15) is 14.5 Å². The Morgan fingerprint density at radius 1 is 1.55 bits per heavy atom. The fourth-order valence-electron chi connectivity index (χ4n) is 1.61. The molecule has 6 nitrogen and oxygen atoms in total. The van der Waals surface area contributed by atoms with E-state index < -0.39 is 16.4 Å². The molecule has 0 aliphatic rings. The van der Waals surface area contributed by atoms with Gasteiger partial charge in [0.25, 0.3) is 0 Å². The number of hydrogen-bond donors (Lipinski definition) is 1. The summed E-state index contributed by atoms with van der Waals surface area (Å²) < 4.78 is 18.6. The van der Waals surface area contributed by atoms with Gasteiger partial charge in [0, 0.05) is 24.6 Å². The van der Waals surface area contributed by atoms with Gasteiger partial charge in [-0.05, 0) is 19.9 Å². The van der Waals surface area contributed by atoms with Crippen molar-refractivity contribution in [2.24, 2.45) is 0 Å². The zero-order chi connectivity index (χ0) is 15.1. The number of rotatable bonds is 7. The van der Waals surface area contributed by atoms with Crippen molar-refractivity contribution in [2.75, 3.05) is 6.61 Å². The standard InChI is InChI=1S/C13H16FN3O3/c1-9(2)16-10(8-15)5-6-20-11-3-4-13(17(18)19)12(14)7-11/h3-4,7,9-10,16H,5-6H2,1-2H3. The zero-order valence-corrected chi connectivity index (χ0v) is 11.3. The fourth-order valence-corrected chi connectivity index (χ4v) is 1.61. The minimum Gasteiger partial charge on any atom is -0.493 e. The molecular formula is C13H16FN3O3. The average molecular weight is 281 g/mol. The van der Waals surface area contributed by atoms with Crippen LogP contribution in [-0.2, 0) is 0 Å². The zero-order valence-electron chi connectivity index (χ0n) is 11.3. The van der Waals surface area contributed by atoms with E-state index in [0.717, 1.165) is 12.1 Å². The largest absolute Gasteiger partial charge is 0.493 e. The third-order valence-corrected chi connectivity index (χ3v) is 2.48. The molecule has 0 bridgehead atoms. The van der Waals surface area contributed by atoms with Crippen LogP contribution < -0.4 is 10.1 Å².